The first-order valence-electron chi connectivity index (χ1n) is 10.5. The van der Waals surface area contributed by atoms with Gasteiger partial charge in [0.1, 0.15) is 5.76 Å². The number of nitrogens with zero attached hydrogens (tertiary/aromatic N) is 4. The fourth-order valence-electron chi connectivity index (χ4n) is 3.72. The molecule has 3 heterocycles. The summed E-state index contributed by atoms with van der Waals surface area (Å²) < 4.78 is 0.643. The number of anilines is 1. The number of thioether (sulfide) groups is 1. The van der Waals surface area contributed by atoms with Gasteiger partial charge >= 0.3 is 5.91 Å². The highest BCUT2D eigenvalue weighted by atomic mass is 35.5. The zero-order valence-electron chi connectivity index (χ0n) is 18.0. The van der Waals surface area contributed by atoms with Gasteiger partial charge < -0.3 is 5.11 Å². The van der Waals surface area contributed by atoms with Crippen LogP contribution in [0.2, 0.25) is 5.02 Å². The minimum atomic E-state index is -0.883. The molecule has 35 heavy (non-hydrogen) atoms. The molecule has 10 heteroatoms. The number of aliphatic hydroxyl groups is 1. The zero-order valence-corrected chi connectivity index (χ0v) is 20.4. The number of benzene rings is 2. The summed E-state index contributed by atoms with van der Waals surface area (Å²) in [6, 6.07) is 18.8. The van der Waals surface area contributed by atoms with E-state index in [9.17, 15) is 14.7 Å². The van der Waals surface area contributed by atoms with Crippen molar-refractivity contribution in [3.05, 3.63) is 106 Å². The Morgan fingerprint density at radius 3 is 2.51 bits per heavy atom. The second-order valence-electron chi connectivity index (χ2n) is 7.59. The predicted molar refractivity (Wildman–Crippen MR) is 136 cm³/mol. The summed E-state index contributed by atoms with van der Waals surface area (Å²) in [5.74, 6) is -1.17. The smallest absolute Gasteiger partial charge is 0.301 e. The van der Waals surface area contributed by atoms with E-state index in [-0.39, 0.29) is 16.5 Å². The molecule has 1 aliphatic heterocycles. The number of ketones is 1. The maximum atomic E-state index is 13.2. The standard InChI is InChI=1S/C25H17ClN4O3S2/c26-18-10-8-15(9-11-18)14-34-25-29-28-24(35-25)30-20(17-7-4-12-27-13-17)19(22(32)23(30)33)21(31)16-5-2-1-3-6-16/h1-13,20,31H,14H2/b21-19-. The van der Waals surface area contributed by atoms with E-state index in [4.69, 9.17) is 11.6 Å². The normalized spacial score (nSPS) is 17.2. The summed E-state index contributed by atoms with van der Waals surface area (Å²) in [6.07, 6.45) is 3.17. The van der Waals surface area contributed by atoms with Gasteiger partial charge in [-0.2, -0.15) is 0 Å². The summed E-state index contributed by atoms with van der Waals surface area (Å²) in [6.45, 7) is 0. The van der Waals surface area contributed by atoms with Crippen molar-refractivity contribution >= 4 is 57.3 Å². The SMILES string of the molecule is O=C1C(=O)N(c2nnc(SCc3ccc(Cl)cc3)s2)C(c2cccnc2)/C1=C(/O)c1ccccc1. The van der Waals surface area contributed by atoms with Crippen molar-refractivity contribution in [2.45, 2.75) is 16.1 Å². The molecular weight excluding hydrogens is 504 g/mol. The number of carbonyl (C=O) groups excluding carboxylic acids is 2. The maximum absolute atomic E-state index is 13.2. The molecule has 2 aromatic heterocycles. The van der Waals surface area contributed by atoms with E-state index in [0.29, 0.717) is 26.2 Å². The number of hydrogen-bond donors (Lipinski definition) is 1. The van der Waals surface area contributed by atoms with Crippen molar-refractivity contribution in [3.63, 3.8) is 0 Å². The lowest BCUT2D eigenvalue weighted by Gasteiger charge is -2.22. The van der Waals surface area contributed by atoms with Gasteiger partial charge in [-0.25, -0.2) is 0 Å². The van der Waals surface area contributed by atoms with E-state index < -0.39 is 17.7 Å². The molecule has 5 rings (SSSR count). The van der Waals surface area contributed by atoms with Gasteiger partial charge in [0.2, 0.25) is 5.13 Å². The zero-order chi connectivity index (χ0) is 24.4. The number of rotatable bonds is 6. The number of aromatic nitrogens is 3. The number of aliphatic hydroxyl groups excluding tert-OH is 1. The Kier molecular flexibility index (Phi) is 6.63. The molecule has 7 nitrogen and oxygen atoms in total. The van der Waals surface area contributed by atoms with Gasteiger partial charge in [0, 0.05) is 28.7 Å². The van der Waals surface area contributed by atoms with Crippen LogP contribution in [0.5, 0.6) is 0 Å². The topological polar surface area (TPSA) is 96.3 Å². The van der Waals surface area contributed by atoms with Gasteiger partial charge in [0.05, 0.1) is 11.6 Å². The van der Waals surface area contributed by atoms with Crippen LogP contribution in [0.4, 0.5) is 5.13 Å². The fourth-order valence-corrected chi connectivity index (χ4v) is 5.67. The lowest BCUT2D eigenvalue weighted by atomic mass is 9.96. The second kappa shape index (κ2) is 9.99. The van der Waals surface area contributed by atoms with E-state index in [1.807, 2.05) is 24.3 Å². The van der Waals surface area contributed by atoms with Crippen LogP contribution in [0.15, 0.2) is 89.0 Å². The number of Topliss-reactive ketones (excluding diaryl/α,β-unsaturated/α-hetero) is 1. The summed E-state index contributed by atoms with van der Waals surface area (Å²) in [5.41, 5.74) is 2.07. The molecule has 174 valence electrons. The van der Waals surface area contributed by atoms with Crippen LogP contribution in [0, 0.1) is 0 Å². The number of halogens is 1. The van der Waals surface area contributed by atoms with Crippen LogP contribution in [0.25, 0.3) is 5.76 Å². The van der Waals surface area contributed by atoms with Gasteiger partial charge in [-0.1, -0.05) is 83.2 Å². The van der Waals surface area contributed by atoms with E-state index >= 15 is 0 Å². The lowest BCUT2D eigenvalue weighted by Crippen LogP contribution is -2.29. The van der Waals surface area contributed by atoms with Crippen LogP contribution in [0.3, 0.4) is 0 Å². The Bertz CT molecular complexity index is 1410. The van der Waals surface area contributed by atoms with E-state index in [1.165, 1.54) is 28.0 Å². The summed E-state index contributed by atoms with van der Waals surface area (Å²) in [5, 5.41) is 20.4. The molecule has 0 aliphatic carbocycles. The Hall–Kier alpha value is -3.53. The second-order valence-corrected chi connectivity index (χ2v) is 10.2. The maximum Gasteiger partial charge on any atom is 0.301 e. The number of carbonyl (C=O) groups is 2. The molecule has 1 N–H and O–H groups in total. The van der Waals surface area contributed by atoms with Crippen molar-refractivity contribution in [1.82, 2.24) is 15.2 Å². The molecule has 2 aromatic carbocycles. The van der Waals surface area contributed by atoms with Gasteiger partial charge in [-0.15, -0.1) is 10.2 Å². The first-order valence-corrected chi connectivity index (χ1v) is 12.7. The molecule has 1 fully saturated rings. The number of pyridine rings is 1. The monoisotopic (exact) mass is 520 g/mol. The van der Waals surface area contributed by atoms with Gasteiger partial charge in [-0.3, -0.25) is 19.5 Å². The van der Waals surface area contributed by atoms with Crippen molar-refractivity contribution in [3.8, 4) is 0 Å². The fraction of sp³-hybridized carbons (Fsp3) is 0.0800. The molecule has 1 saturated heterocycles. The summed E-state index contributed by atoms with van der Waals surface area (Å²) in [7, 11) is 0. The van der Waals surface area contributed by atoms with E-state index in [2.05, 4.69) is 15.2 Å². The molecule has 1 unspecified atom stereocenters. The van der Waals surface area contributed by atoms with E-state index in [1.54, 1.807) is 54.9 Å². The van der Waals surface area contributed by atoms with E-state index in [0.717, 1.165) is 5.56 Å². The van der Waals surface area contributed by atoms with Crippen LogP contribution >= 0.6 is 34.7 Å². The third-order valence-corrected chi connectivity index (χ3v) is 7.75. The first-order chi connectivity index (χ1) is 17.0. The molecule has 1 amide bonds. The number of amides is 1. The van der Waals surface area contributed by atoms with Crippen molar-refractivity contribution in [2.75, 3.05) is 4.90 Å². The minimum absolute atomic E-state index is 0.0141. The Morgan fingerprint density at radius 1 is 1.03 bits per heavy atom. The summed E-state index contributed by atoms with van der Waals surface area (Å²) >= 11 is 8.63. The van der Waals surface area contributed by atoms with Gasteiger partial charge in [0.25, 0.3) is 5.78 Å². The van der Waals surface area contributed by atoms with Crippen LogP contribution in [-0.2, 0) is 15.3 Å². The Labute approximate surface area is 214 Å². The highest BCUT2D eigenvalue weighted by molar-refractivity contribution is 8.00. The lowest BCUT2D eigenvalue weighted by molar-refractivity contribution is -0.132. The van der Waals surface area contributed by atoms with Crippen LogP contribution < -0.4 is 4.90 Å². The van der Waals surface area contributed by atoms with Crippen LogP contribution in [-0.4, -0.2) is 32.0 Å². The minimum Gasteiger partial charge on any atom is -0.507 e. The average Bonchev–Trinajstić information content (AvgIpc) is 3.46. The first kappa shape index (κ1) is 23.2. The molecule has 4 aromatic rings. The quantitative estimate of drug-likeness (QED) is 0.118. The van der Waals surface area contributed by atoms with Crippen LogP contribution in [0.1, 0.15) is 22.7 Å². The average molecular weight is 521 g/mol. The van der Waals surface area contributed by atoms with Gasteiger partial charge in [0.15, 0.2) is 4.34 Å². The molecule has 1 aliphatic rings. The van der Waals surface area contributed by atoms with Crippen molar-refractivity contribution in [2.24, 2.45) is 0 Å². The molecule has 0 radical (unpaired) electrons. The third-order valence-electron chi connectivity index (χ3n) is 5.37. The highest BCUT2D eigenvalue weighted by Gasteiger charge is 2.48. The molecule has 0 spiro atoms. The third kappa shape index (κ3) is 4.70. The Morgan fingerprint density at radius 2 is 1.80 bits per heavy atom. The molecule has 1 atom stereocenters. The highest BCUT2D eigenvalue weighted by Crippen LogP contribution is 2.43. The molecule has 0 saturated carbocycles. The largest absolute Gasteiger partial charge is 0.507 e. The summed E-state index contributed by atoms with van der Waals surface area (Å²) in [4.78, 5) is 31.8. The number of hydrogen-bond acceptors (Lipinski definition) is 8. The molecular formula is C25H17ClN4O3S2. The van der Waals surface area contributed by atoms with Crippen molar-refractivity contribution < 1.29 is 14.7 Å². The predicted octanol–water partition coefficient (Wildman–Crippen LogP) is 5.51. The Balaban J connectivity index is 1.51. The van der Waals surface area contributed by atoms with Crippen molar-refractivity contribution in [1.29, 1.82) is 0 Å². The molecule has 0 bridgehead atoms. The van der Waals surface area contributed by atoms with Gasteiger partial charge in [-0.05, 0) is 29.3 Å².